The molecule has 0 saturated heterocycles. The highest BCUT2D eigenvalue weighted by Crippen LogP contribution is 2.29. The Bertz CT molecular complexity index is 1470. The fourth-order valence-electron chi connectivity index (χ4n) is 4.99. The van der Waals surface area contributed by atoms with Gasteiger partial charge in [0.25, 0.3) is 0 Å². The number of anilines is 2. The summed E-state index contributed by atoms with van der Waals surface area (Å²) >= 11 is 0. The van der Waals surface area contributed by atoms with Crippen molar-refractivity contribution in [3.63, 3.8) is 0 Å². The zero-order chi connectivity index (χ0) is 25.7. The number of nitrogens with one attached hydrogen (secondary N) is 3. The number of rotatable bonds is 10. The van der Waals surface area contributed by atoms with Crippen LogP contribution >= 0.6 is 0 Å². The molecule has 194 valence electrons. The average Bonchev–Trinajstić information content (AvgIpc) is 2.94. The first-order valence-corrected chi connectivity index (χ1v) is 14.3. The molecule has 37 heavy (non-hydrogen) atoms. The lowest BCUT2D eigenvalue weighted by atomic mass is 9.82. The number of aliphatic hydroxyl groups excluding tert-OH is 1. The highest BCUT2D eigenvalue weighted by atomic mass is 32.2. The molecule has 8 nitrogen and oxygen atoms in total. The number of sulfonamides is 1. The summed E-state index contributed by atoms with van der Waals surface area (Å²) in [6, 6.07) is 20.9. The van der Waals surface area contributed by atoms with Crippen LogP contribution in [0.1, 0.15) is 25.7 Å². The summed E-state index contributed by atoms with van der Waals surface area (Å²) in [5, 5.41) is 18.6. The van der Waals surface area contributed by atoms with Gasteiger partial charge in [0.2, 0.25) is 16.0 Å². The summed E-state index contributed by atoms with van der Waals surface area (Å²) in [7, 11) is -3.54. The molecule has 0 bridgehead atoms. The van der Waals surface area contributed by atoms with Gasteiger partial charge in [-0.1, -0.05) is 42.5 Å². The highest BCUT2D eigenvalue weighted by molar-refractivity contribution is 7.89. The first kappa shape index (κ1) is 25.4. The van der Waals surface area contributed by atoms with Crippen LogP contribution in [0.4, 0.5) is 11.8 Å². The van der Waals surface area contributed by atoms with Gasteiger partial charge in [0.15, 0.2) is 0 Å². The van der Waals surface area contributed by atoms with Crippen molar-refractivity contribution < 1.29 is 13.5 Å². The molecule has 0 unspecified atom stereocenters. The molecule has 0 spiro atoms. The fourth-order valence-corrected chi connectivity index (χ4v) is 6.14. The van der Waals surface area contributed by atoms with Gasteiger partial charge < -0.3 is 15.7 Å². The smallest absolute Gasteiger partial charge is 0.240 e. The van der Waals surface area contributed by atoms with Crippen molar-refractivity contribution >= 4 is 43.5 Å². The van der Waals surface area contributed by atoms with Crippen LogP contribution < -0.4 is 15.4 Å². The van der Waals surface area contributed by atoms with Crippen molar-refractivity contribution in [1.82, 2.24) is 14.7 Å². The number of hydrogen-bond acceptors (Lipinski definition) is 7. The predicted octanol–water partition coefficient (Wildman–Crippen LogP) is 4.38. The van der Waals surface area contributed by atoms with Gasteiger partial charge in [-0.25, -0.2) is 18.1 Å². The second-order valence-electron chi connectivity index (χ2n) is 9.69. The summed E-state index contributed by atoms with van der Waals surface area (Å²) in [4.78, 5) is 9.58. The Balaban J connectivity index is 1.13. The predicted molar refractivity (Wildman–Crippen MR) is 148 cm³/mol. The lowest BCUT2D eigenvalue weighted by Crippen LogP contribution is -2.32. The van der Waals surface area contributed by atoms with Crippen LogP contribution in [0.15, 0.2) is 71.6 Å². The Morgan fingerprint density at radius 3 is 2.30 bits per heavy atom. The number of aliphatic hydroxyl groups is 1. The van der Waals surface area contributed by atoms with Gasteiger partial charge in [-0.2, -0.15) is 4.98 Å². The fraction of sp³-hybridized carbons (Fsp3) is 0.357. The number of aromatic nitrogens is 2. The van der Waals surface area contributed by atoms with Crippen LogP contribution in [-0.2, 0) is 10.0 Å². The van der Waals surface area contributed by atoms with E-state index in [0.717, 1.165) is 53.9 Å². The Hall–Kier alpha value is -3.27. The third-order valence-corrected chi connectivity index (χ3v) is 8.54. The Labute approximate surface area is 217 Å². The summed E-state index contributed by atoms with van der Waals surface area (Å²) < 4.78 is 28.6. The van der Waals surface area contributed by atoms with E-state index in [-0.39, 0.29) is 6.61 Å². The van der Waals surface area contributed by atoms with Crippen LogP contribution in [0.3, 0.4) is 0 Å². The topological polar surface area (TPSA) is 116 Å². The van der Waals surface area contributed by atoms with Crippen LogP contribution in [0.5, 0.6) is 0 Å². The van der Waals surface area contributed by atoms with Crippen molar-refractivity contribution in [2.45, 2.75) is 30.6 Å². The molecule has 4 aromatic rings. The van der Waals surface area contributed by atoms with E-state index in [2.05, 4.69) is 25.3 Å². The van der Waals surface area contributed by atoms with E-state index in [0.29, 0.717) is 41.6 Å². The average molecular weight is 520 g/mol. The van der Waals surface area contributed by atoms with Crippen LogP contribution in [0.2, 0.25) is 0 Å². The molecule has 0 atom stereocenters. The summed E-state index contributed by atoms with van der Waals surface area (Å²) in [5.74, 6) is 2.10. The van der Waals surface area contributed by atoms with Crippen LogP contribution in [0.25, 0.3) is 21.7 Å². The van der Waals surface area contributed by atoms with E-state index in [9.17, 15) is 13.5 Å². The second kappa shape index (κ2) is 11.4. The van der Waals surface area contributed by atoms with E-state index < -0.39 is 10.0 Å². The van der Waals surface area contributed by atoms with Crippen molar-refractivity contribution in [3.05, 3.63) is 66.7 Å². The molecule has 0 aliphatic heterocycles. The minimum absolute atomic E-state index is 0.0305. The molecule has 1 aliphatic rings. The maximum absolute atomic E-state index is 12.9. The first-order chi connectivity index (χ1) is 18.0. The van der Waals surface area contributed by atoms with E-state index in [1.807, 2.05) is 54.6 Å². The van der Waals surface area contributed by atoms with Crippen LogP contribution in [-0.4, -0.2) is 49.7 Å². The van der Waals surface area contributed by atoms with Gasteiger partial charge in [0.05, 0.1) is 17.0 Å². The maximum atomic E-state index is 12.9. The second-order valence-corrected chi connectivity index (χ2v) is 11.5. The van der Waals surface area contributed by atoms with Crippen molar-refractivity contribution in [1.29, 1.82) is 0 Å². The largest absolute Gasteiger partial charge is 0.395 e. The van der Waals surface area contributed by atoms with Gasteiger partial charge >= 0.3 is 0 Å². The van der Waals surface area contributed by atoms with Crippen molar-refractivity contribution in [2.75, 3.05) is 36.9 Å². The number of fused-ring (bicyclic) bond motifs is 2. The number of hydrogen-bond donors (Lipinski definition) is 4. The van der Waals surface area contributed by atoms with E-state index in [4.69, 9.17) is 0 Å². The number of para-hydroxylation sites is 1. The third kappa shape index (κ3) is 6.18. The molecular weight excluding hydrogens is 486 g/mol. The number of nitrogens with zero attached hydrogens (tertiary/aromatic N) is 2. The number of benzene rings is 3. The third-order valence-electron chi connectivity index (χ3n) is 7.12. The van der Waals surface area contributed by atoms with E-state index in [1.165, 1.54) is 0 Å². The highest BCUT2D eigenvalue weighted by Gasteiger charge is 2.24. The molecule has 0 amide bonds. The first-order valence-electron chi connectivity index (χ1n) is 12.9. The SMILES string of the molecule is O=S(=O)(NCC1CCC(CNc2nc(NCCO)c3ccccc3n2)CC1)c1ccc2ccccc2c1. The lowest BCUT2D eigenvalue weighted by Gasteiger charge is -2.28. The Morgan fingerprint density at radius 1 is 0.811 bits per heavy atom. The molecule has 3 aromatic carbocycles. The Morgan fingerprint density at radius 2 is 1.51 bits per heavy atom. The summed E-state index contributed by atoms with van der Waals surface area (Å²) in [5.41, 5.74) is 0.850. The summed E-state index contributed by atoms with van der Waals surface area (Å²) in [6.45, 7) is 1.69. The molecule has 4 N–H and O–H groups in total. The molecular formula is C28H33N5O3S. The molecule has 1 aromatic heterocycles. The molecule has 1 saturated carbocycles. The van der Waals surface area contributed by atoms with Crippen molar-refractivity contribution in [3.8, 4) is 0 Å². The van der Waals surface area contributed by atoms with Gasteiger partial charge in [0, 0.05) is 25.0 Å². The molecule has 1 fully saturated rings. The monoisotopic (exact) mass is 519 g/mol. The lowest BCUT2D eigenvalue weighted by molar-refractivity contribution is 0.284. The normalized spacial score (nSPS) is 18.2. The van der Waals surface area contributed by atoms with Gasteiger partial charge in [-0.05, 0) is 72.6 Å². The van der Waals surface area contributed by atoms with E-state index >= 15 is 0 Å². The quantitative estimate of drug-likeness (QED) is 0.246. The molecule has 0 radical (unpaired) electrons. The van der Waals surface area contributed by atoms with Gasteiger partial charge in [-0.15, -0.1) is 0 Å². The zero-order valence-corrected chi connectivity index (χ0v) is 21.5. The molecule has 1 heterocycles. The van der Waals surface area contributed by atoms with E-state index in [1.54, 1.807) is 12.1 Å². The van der Waals surface area contributed by atoms with Crippen molar-refractivity contribution in [2.24, 2.45) is 11.8 Å². The zero-order valence-electron chi connectivity index (χ0n) is 20.7. The minimum atomic E-state index is -3.54. The maximum Gasteiger partial charge on any atom is 0.240 e. The van der Waals surface area contributed by atoms with Gasteiger partial charge in [0.1, 0.15) is 5.82 Å². The Kier molecular flexibility index (Phi) is 7.83. The van der Waals surface area contributed by atoms with Gasteiger partial charge in [-0.3, -0.25) is 0 Å². The molecule has 5 rings (SSSR count). The summed E-state index contributed by atoms with van der Waals surface area (Å²) in [6.07, 6.45) is 4.01. The van der Waals surface area contributed by atoms with Crippen LogP contribution in [0, 0.1) is 11.8 Å². The minimum Gasteiger partial charge on any atom is -0.395 e. The molecule has 9 heteroatoms. The standard InChI is InChI=1S/C28H33N5O3S/c34-16-15-29-27-25-7-3-4-8-26(25)32-28(33-27)30-18-20-9-11-21(12-10-20)19-31-37(35,36)24-14-13-22-5-1-2-6-23(22)17-24/h1-8,13-14,17,20-21,31,34H,9-12,15-16,18-19H2,(H2,29,30,32,33). The molecule has 1 aliphatic carbocycles.